The van der Waals surface area contributed by atoms with E-state index in [4.69, 9.17) is 0 Å². The van der Waals surface area contributed by atoms with Crippen molar-refractivity contribution in [2.24, 2.45) is 5.92 Å². The van der Waals surface area contributed by atoms with Crippen LogP contribution in [0.4, 0.5) is 4.79 Å². The number of amides is 3. The molecule has 0 aromatic carbocycles. The molecule has 4 N–H and O–H groups in total. The smallest absolute Gasteiger partial charge is 0.322 e. The summed E-state index contributed by atoms with van der Waals surface area (Å²) in [6, 6.07) is -0.420. The molecular weight excluding hydrogens is 216 g/mol. The van der Waals surface area contributed by atoms with Gasteiger partial charge in [0.25, 0.3) is 0 Å². The van der Waals surface area contributed by atoms with Gasteiger partial charge in [0.05, 0.1) is 12.1 Å². The maximum atomic E-state index is 11.4. The number of carbonyl (C=O) groups excluding carboxylic acids is 2. The van der Waals surface area contributed by atoms with Crippen molar-refractivity contribution in [3.63, 3.8) is 0 Å². The second-order valence-corrected chi connectivity index (χ2v) is 4.84. The molecule has 6 nitrogen and oxygen atoms in total. The molecule has 2 fully saturated rings. The van der Waals surface area contributed by atoms with Crippen LogP contribution in [0.25, 0.3) is 0 Å². The quantitative estimate of drug-likeness (QED) is 0.489. The zero-order chi connectivity index (χ0) is 10.8. The summed E-state index contributed by atoms with van der Waals surface area (Å²) in [4.78, 5) is 22.5. The van der Waals surface area contributed by atoms with E-state index in [0.717, 1.165) is 5.75 Å². The molecule has 0 bridgehead atoms. The van der Waals surface area contributed by atoms with Gasteiger partial charge in [0, 0.05) is 6.54 Å². The van der Waals surface area contributed by atoms with E-state index in [1.807, 2.05) is 0 Å². The first kappa shape index (κ1) is 10.7. The van der Waals surface area contributed by atoms with Crippen LogP contribution in [0.15, 0.2) is 0 Å². The monoisotopic (exact) mass is 230 g/mol. The number of imide groups is 1. The molecule has 3 atom stereocenters. The van der Waals surface area contributed by atoms with Crippen molar-refractivity contribution in [1.82, 2.24) is 21.3 Å². The van der Waals surface area contributed by atoms with Crippen molar-refractivity contribution in [2.45, 2.75) is 18.6 Å². The van der Waals surface area contributed by atoms with E-state index in [1.165, 1.54) is 0 Å². The average Bonchev–Trinajstić information content (AvgIpc) is 2.17. The van der Waals surface area contributed by atoms with Gasteiger partial charge in [-0.15, -0.1) is 11.8 Å². The van der Waals surface area contributed by atoms with Crippen LogP contribution in [0, 0.1) is 5.92 Å². The first-order chi connectivity index (χ1) is 7.20. The molecule has 2 aliphatic rings. The van der Waals surface area contributed by atoms with Crippen molar-refractivity contribution in [2.75, 3.05) is 12.3 Å². The first-order valence-electron chi connectivity index (χ1n) is 4.93. The summed E-state index contributed by atoms with van der Waals surface area (Å²) in [5.74, 6) is 0.530. The predicted molar refractivity (Wildman–Crippen MR) is 57.0 cm³/mol. The summed E-state index contributed by atoms with van der Waals surface area (Å²) >= 11 is 1.71. The molecule has 84 valence electrons. The van der Waals surface area contributed by atoms with Gasteiger partial charge in [-0.1, -0.05) is 6.92 Å². The zero-order valence-electron chi connectivity index (χ0n) is 8.37. The molecule has 7 heteroatoms. The topological polar surface area (TPSA) is 82.3 Å². The number of urea groups is 1. The van der Waals surface area contributed by atoms with Crippen LogP contribution in [0.2, 0.25) is 0 Å². The van der Waals surface area contributed by atoms with Crippen molar-refractivity contribution < 1.29 is 9.59 Å². The van der Waals surface area contributed by atoms with Gasteiger partial charge in [0.1, 0.15) is 5.50 Å². The van der Waals surface area contributed by atoms with E-state index in [2.05, 4.69) is 28.2 Å². The molecule has 2 saturated heterocycles. The molecule has 15 heavy (non-hydrogen) atoms. The largest absolute Gasteiger partial charge is 0.322 e. The third-order valence-corrected chi connectivity index (χ3v) is 3.42. The predicted octanol–water partition coefficient (Wildman–Crippen LogP) is -1.00. The minimum Gasteiger partial charge on any atom is -0.322 e. The summed E-state index contributed by atoms with van der Waals surface area (Å²) < 4.78 is 0. The van der Waals surface area contributed by atoms with Gasteiger partial charge in [-0.05, 0) is 5.75 Å². The maximum absolute atomic E-state index is 11.4. The molecule has 3 unspecified atom stereocenters. The third kappa shape index (κ3) is 2.24. The summed E-state index contributed by atoms with van der Waals surface area (Å²) in [6.07, 6.45) is -0.253. The Hall–Kier alpha value is -0.790. The van der Waals surface area contributed by atoms with Crippen molar-refractivity contribution in [1.29, 1.82) is 0 Å². The second-order valence-electron chi connectivity index (χ2n) is 3.46. The van der Waals surface area contributed by atoms with E-state index in [1.54, 1.807) is 11.8 Å². The van der Waals surface area contributed by atoms with E-state index in [9.17, 15) is 9.59 Å². The number of fused-ring (bicyclic) bond motifs is 1. The lowest BCUT2D eigenvalue weighted by Crippen LogP contribution is -2.71. The number of carbonyl (C=O) groups is 2. The van der Waals surface area contributed by atoms with Crippen LogP contribution in [-0.4, -0.2) is 35.9 Å². The lowest BCUT2D eigenvalue weighted by Gasteiger charge is -2.39. The molecule has 2 heterocycles. The Morgan fingerprint density at radius 2 is 2.27 bits per heavy atom. The standard InChI is InChI=1S/C8H14N4O2S/c1-2-15-8-9-3-4-5(11-8)10-7(14)12-6(4)13/h4-5,8-9,11H,2-3H2,1H3,(H2,10,12,13,14). The summed E-state index contributed by atoms with van der Waals surface area (Å²) in [7, 11) is 0. The molecule has 0 radical (unpaired) electrons. The highest BCUT2D eigenvalue weighted by Gasteiger charge is 2.39. The molecule has 2 aliphatic heterocycles. The Morgan fingerprint density at radius 3 is 3.00 bits per heavy atom. The average molecular weight is 230 g/mol. The number of hydrogen-bond acceptors (Lipinski definition) is 5. The lowest BCUT2D eigenvalue weighted by atomic mass is 10.0. The summed E-state index contributed by atoms with van der Waals surface area (Å²) in [5, 5.41) is 11.3. The Kier molecular flexibility index (Phi) is 3.13. The minimum absolute atomic E-state index is 0.0995. The van der Waals surface area contributed by atoms with Gasteiger partial charge in [-0.25, -0.2) is 4.79 Å². The maximum Gasteiger partial charge on any atom is 0.322 e. The van der Waals surface area contributed by atoms with Crippen molar-refractivity contribution in [3.8, 4) is 0 Å². The van der Waals surface area contributed by atoms with Crippen LogP contribution >= 0.6 is 11.8 Å². The van der Waals surface area contributed by atoms with Crippen molar-refractivity contribution in [3.05, 3.63) is 0 Å². The Morgan fingerprint density at radius 1 is 1.47 bits per heavy atom. The van der Waals surface area contributed by atoms with Crippen LogP contribution in [0.3, 0.4) is 0 Å². The number of nitrogens with one attached hydrogen (secondary N) is 4. The van der Waals surface area contributed by atoms with Crippen LogP contribution in [-0.2, 0) is 4.79 Å². The molecular formula is C8H14N4O2S. The van der Waals surface area contributed by atoms with Crippen LogP contribution in [0.1, 0.15) is 6.92 Å². The van der Waals surface area contributed by atoms with E-state index in [0.29, 0.717) is 6.54 Å². The SMILES string of the molecule is CCSC1NCC2C(=O)NC(=O)NC2N1. The Labute approximate surface area is 91.9 Å². The Bertz CT molecular complexity index is 286. The number of thioether (sulfide) groups is 1. The second kappa shape index (κ2) is 4.38. The van der Waals surface area contributed by atoms with Gasteiger partial charge >= 0.3 is 6.03 Å². The molecule has 3 amide bonds. The third-order valence-electron chi connectivity index (χ3n) is 2.45. The van der Waals surface area contributed by atoms with Gasteiger partial charge in [0.2, 0.25) is 5.91 Å². The normalized spacial score (nSPS) is 35.4. The summed E-state index contributed by atoms with van der Waals surface area (Å²) in [5.41, 5.74) is 0.0995. The minimum atomic E-state index is -0.420. The zero-order valence-corrected chi connectivity index (χ0v) is 9.19. The van der Waals surface area contributed by atoms with Crippen LogP contribution in [0.5, 0.6) is 0 Å². The van der Waals surface area contributed by atoms with E-state index in [-0.39, 0.29) is 23.5 Å². The van der Waals surface area contributed by atoms with E-state index >= 15 is 0 Å². The molecule has 0 spiro atoms. The lowest BCUT2D eigenvalue weighted by molar-refractivity contribution is -0.126. The van der Waals surface area contributed by atoms with Crippen molar-refractivity contribution >= 4 is 23.7 Å². The Balaban J connectivity index is 1.99. The molecule has 0 aliphatic carbocycles. The number of hydrogen-bond donors (Lipinski definition) is 4. The van der Waals surface area contributed by atoms with Gasteiger partial charge in [-0.2, -0.15) is 0 Å². The number of rotatable bonds is 2. The van der Waals surface area contributed by atoms with Gasteiger partial charge in [0.15, 0.2) is 0 Å². The highest BCUT2D eigenvalue weighted by molar-refractivity contribution is 7.99. The highest BCUT2D eigenvalue weighted by atomic mass is 32.2. The fourth-order valence-corrected chi connectivity index (χ4v) is 2.52. The summed E-state index contributed by atoms with van der Waals surface area (Å²) in [6.45, 7) is 2.65. The van der Waals surface area contributed by atoms with Gasteiger partial charge < -0.3 is 5.32 Å². The van der Waals surface area contributed by atoms with E-state index < -0.39 is 6.03 Å². The molecule has 0 aromatic heterocycles. The molecule has 0 aromatic rings. The fourth-order valence-electron chi connectivity index (χ4n) is 1.73. The highest BCUT2D eigenvalue weighted by Crippen LogP contribution is 2.15. The van der Waals surface area contributed by atoms with Gasteiger partial charge in [-0.3, -0.25) is 20.7 Å². The van der Waals surface area contributed by atoms with Crippen LogP contribution < -0.4 is 21.3 Å². The molecule has 2 rings (SSSR count). The first-order valence-corrected chi connectivity index (χ1v) is 5.98. The fraction of sp³-hybridized carbons (Fsp3) is 0.750. The molecule has 0 saturated carbocycles.